The second-order valence-electron chi connectivity index (χ2n) is 5.65. The number of rotatable bonds is 9. The number of benzene rings is 1. The highest BCUT2D eigenvalue weighted by molar-refractivity contribution is 9.10. The third kappa shape index (κ3) is 4.30. The number of nitrogens with one attached hydrogen (secondary N) is 1. The summed E-state index contributed by atoms with van der Waals surface area (Å²) in [5.41, 5.74) is 1.63. The molecule has 120 valence electrons. The molecule has 0 heterocycles. The molecule has 0 fully saturated rings. The van der Waals surface area contributed by atoms with Crippen LogP contribution in [0.4, 0.5) is 0 Å². The van der Waals surface area contributed by atoms with Gasteiger partial charge in [0.15, 0.2) is 0 Å². The van der Waals surface area contributed by atoms with E-state index in [1.165, 1.54) is 18.4 Å². The van der Waals surface area contributed by atoms with Gasteiger partial charge in [0.05, 0.1) is 0 Å². The molecule has 0 spiro atoms. The molecule has 0 saturated heterocycles. The Labute approximate surface area is 139 Å². The molecule has 1 N–H and O–H groups in total. The first-order chi connectivity index (χ1) is 10.1. The average molecular weight is 355 g/mol. The lowest BCUT2D eigenvalue weighted by atomic mass is 9.79. The molecular formula is C18H31BrN2. The fraction of sp³-hybridized carbons (Fsp3) is 0.667. The van der Waals surface area contributed by atoms with Crippen molar-refractivity contribution in [1.82, 2.24) is 10.2 Å². The fourth-order valence-electron chi connectivity index (χ4n) is 3.68. The quantitative estimate of drug-likeness (QED) is 0.703. The number of likely N-dealkylation sites (N-methyl/N-ethyl adjacent to an activating group) is 2. The van der Waals surface area contributed by atoms with Crippen molar-refractivity contribution < 1.29 is 0 Å². The Morgan fingerprint density at radius 2 is 1.57 bits per heavy atom. The van der Waals surface area contributed by atoms with Crippen LogP contribution in [-0.4, -0.2) is 36.6 Å². The topological polar surface area (TPSA) is 15.3 Å². The van der Waals surface area contributed by atoms with Crippen LogP contribution in [0.2, 0.25) is 0 Å². The van der Waals surface area contributed by atoms with Crippen LogP contribution in [0.3, 0.4) is 0 Å². The van der Waals surface area contributed by atoms with Gasteiger partial charge in [-0.2, -0.15) is 0 Å². The molecule has 1 aromatic rings. The minimum Gasteiger partial charge on any atom is -0.315 e. The second-order valence-corrected chi connectivity index (χ2v) is 6.57. The summed E-state index contributed by atoms with van der Waals surface area (Å²) in [6.45, 7) is 11.4. The molecule has 0 aliphatic carbocycles. The van der Waals surface area contributed by atoms with Gasteiger partial charge in [-0.3, -0.25) is 4.90 Å². The zero-order valence-electron chi connectivity index (χ0n) is 14.2. The van der Waals surface area contributed by atoms with Crippen LogP contribution < -0.4 is 5.32 Å². The normalized spacial score (nSPS) is 13.7. The molecule has 0 saturated carbocycles. The average Bonchev–Trinajstić information content (AvgIpc) is 2.52. The van der Waals surface area contributed by atoms with Crippen LogP contribution in [-0.2, 0) is 6.42 Å². The van der Waals surface area contributed by atoms with E-state index < -0.39 is 0 Å². The van der Waals surface area contributed by atoms with Crippen molar-refractivity contribution >= 4 is 15.9 Å². The maximum absolute atomic E-state index is 3.60. The number of halogens is 1. The molecule has 2 nitrogen and oxygen atoms in total. The molecule has 1 rings (SSSR count). The minimum atomic E-state index is 0.228. The van der Waals surface area contributed by atoms with Crippen molar-refractivity contribution in [3.05, 3.63) is 34.3 Å². The van der Waals surface area contributed by atoms with Gasteiger partial charge in [0, 0.05) is 16.1 Å². The molecule has 1 aromatic carbocycles. The van der Waals surface area contributed by atoms with Crippen molar-refractivity contribution in [2.75, 3.05) is 20.1 Å². The first-order valence-electron chi connectivity index (χ1n) is 8.24. The SMILES string of the molecule is CCN(CC)C(CC)(CC)C(Cc1ccc(Br)cc1)NC. The Morgan fingerprint density at radius 1 is 1.05 bits per heavy atom. The fourth-order valence-corrected chi connectivity index (χ4v) is 3.95. The summed E-state index contributed by atoms with van der Waals surface area (Å²) < 4.78 is 1.15. The Morgan fingerprint density at radius 3 is 1.95 bits per heavy atom. The van der Waals surface area contributed by atoms with E-state index >= 15 is 0 Å². The van der Waals surface area contributed by atoms with Crippen LogP contribution >= 0.6 is 15.9 Å². The summed E-state index contributed by atoms with van der Waals surface area (Å²) in [6.07, 6.45) is 3.42. The number of hydrogen-bond acceptors (Lipinski definition) is 2. The van der Waals surface area contributed by atoms with Crippen LogP contribution in [0.5, 0.6) is 0 Å². The van der Waals surface area contributed by atoms with E-state index in [2.05, 4.69) is 85.2 Å². The van der Waals surface area contributed by atoms with Crippen LogP contribution in [0.25, 0.3) is 0 Å². The van der Waals surface area contributed by atoms with Gasteiger partial charge in [-0.05, 0) is 57.1 Å². The molecule has 1 atom stereocenters. The van der Waals surface area contributed by atoms with E-state index in [1.807, 2.05) is 0 Å². The summed E-state index contributed by atoms with van der Waals surface area (Å²) in [7, 11) is 2.10. The third-order valence-electron chi connectivity index (χ3n) is 4.97. The monoisotopic (exact) mass is 354 g/mol. The lowest BCUT2D eigenvalue weighted by Gasteiger charge is -2.48. The van der Waals surface area contributed by atoms with Crippen LogP contribution in [0.1, 0.15) is 46.1 Å². The largest absolute Gasteiger partial charge is 0.315 e. The summed E-state index contributed by atoms with van der Waals surface area (Å²) in [5.74, 6) is 0. The zero-order valence-corrected chi connectivity index (χ0v) is 15.8. The van der Waals surface area contributed by atoms with Gasteiger partial charge in [-0.1, -0.05) is 55.8 Å². The highest BCUT2D eigenvalue weighted by atomic mass is 79.9. The molecule has 0 aliphatic rings. The summed E-state index contributed by atoms with van der Waals surface area (Å²) >= 11 is 3.52. The molecule has 0 bridgehead atoms. The van der Waals surface area contributed by atoms with Gasteiger partial charge < -0.3 is 5.32 Å². The van der Waals surface area contributed by atoms with E-state index in [-0.39, 0.29) is 5.54 Å². The Hall–Kier alpha value is -0.380. The van der Waals surface area contributed by atoms with Gasteiger partial charge in [-0.15, -0.1) is 0 Å². The van der Waals surface area contributed by atoms with Crippen molar-refractivity contribution in [1.29, 1.82) is 0 Å². The van der Waals surface area contributed by atoms with Gasteiger partial charge in [-0.25, -0.2) is 0 Å². The third-order valence-corrected chi connectivity index (χ3v) is 5.50. The Kier molecular flexibility index (Phi) is 7.93. The first kappa shape index (κ1) is 18.7. The lowest BCUT2D eigenvalue weighted by Crippen LogP contribution is -2.61. The smallest absolute Gasteiger partial charge is 0.0360 e. The Bertz CT molecular complexity index is 394. The second kappa shape index (κ2) is 8.92. The van der Waals surface area contributed by atoms with Crippen LogP contribution in [0, 0.1) is 0 Å². The lowest BCUT2D eigenvalue weighted by molar-refractivity contribution is 0.0519. The molecule has 1 unspecified atom stereocenters. The predicted molar refractivity (Wildman–Crippen MR) is 96.9 cm³/mol. The maximum atomic E-state index is 3.60. The highest BCUT2D eigenvalue weighted by Gasteiger charge is 2.38. The molecule has 0 aromatic heterocycles. The number of nitrogens with zero attached hydrogens (tertiary/aromatic N) is 1. The summed E-state index contributed by atoms with van der Waals surface area (Å²) in [4.78, 5) is 2.63. The summed E-state index contributed by atoms with van der Waals surface area (Å²) in [6, 6.07) is 9.20. The molecule has 21 heavy (non-hydrogen) atoms. The Balaban J connectivity index is 3.04. The predicted octanol–water partition coefficient (Wildman–Crippen LogP) is 4.48. The van der Waals surface area contributed by atoms with Crippen molar-refractivity contribution in [3.63, 3.8) is 0 Å². The zero-order chi connectivity index (χ0) is 15.9. The van der Waals surface area contributed by atoms with E-state index in [1.54, 1.807) is 0 Å². The minimum absolute atomic E-state index is 0.228. The van der Waals surface area contributed by atoms with Crippen molar-refractivity contribution in [2.45, 2.75) is 58.5 Å². The van der Waals surface area contributed by atoms with Gasteiger partial charge in [0.25, 0.3) is 0 Å². The van der Waals surface area contributed by atoms with E-state index in [9.17, 15) is 0 Å². The van der Waals surface area contributed by atoms with E-state index in [0.717, 1.165) is 24.0 Å². The maximum Gasteiger partial charge on any atom is 0.0360 e. The van der Waals surface area contributed by atoms with Gasteiger partial charge in [0.1, 0.15) is 0 Å². The van der Waals surface area contributed by atoms with Gasteiger partial charge >= 0.3 is 0 Å². The van der Waals surface area contributed by atoms with Gasteiger partial charge in [0.2, 0.25) is 0 Å². The van der Waals surface area contributed by atoms with E-state index in [0.29, 0.717) is 6.04 Å². The summed E-state index contributed by atoms with van der Waals surface area (Å²) in [5, 5.41) is 3.60. The van der Waals surface area contributed by atoms with Crippen molar-refractivity contribution in [3.8, 4) is 0 Å². The first-order valence-corrected chi connectivity index (χ1v) is 9.03. The van der Waals surface area contributed by atoms with Crippen LogP contribution in [0.15, 0.2) is 28.7 Å². The molecule has 0 amide bonds. The molecule has 3 heteroatoms. The number of hydrogen-bond donors (Lipinski definition) is 1. The van der Waals surface area contributed by atoms with Crippen molar-refractivity contribution in [2.24, 2.45) is 0 Å². The molecule has 0 radical (unpaired) electrons. The molecule has 0 aliphatic heterocycles. The standard InChI is InChI=1S/C18H31BrN2/c1-6-18(7-2,21(8-3)9-4)17(20-5)14-15-10-12-16(19)13-11-15/h10-13,17,20H,6-9,14H2,1-5H3. The highest BCUT2D eigenvalue weighted by Crippen LogP contribution is 2.30. The van der Waals surface area contributed by atoms with E-state index in [4.69, 9.17) is 0 Å². The molecular weight excluding hydrogens is 324 g/mol.